The first-order chi connectivity index (χ1) is 28.8. The molecular formula is C48H56N6O6. The second-order valence-electron chi connectivity index (χ2n) is 16.6. The molecule has 0 radical (unpaired) electrons. The molecule has 0 aliphatic carbocycles. The van der Waals surface area contributed by atoms with Crippen molar-refractivity contribution in [2.24, 2.45) is 5.41 Å². The fourth-order valence-electron chi connectivity index (χ4n) is 8.14. The minimum atomic E-state index is -1.27. The van der Waals surface area contributed by atoms with Gasteiger partial charge in [-0.3, -0.25) is 9.78 Å². The zero-order valence-electron chi connectivity index (χ0n) is 35.0. The largest absolute Gasteiger partial charge is 0.481 e. The van der Waals surface area contributed by atoms with Crippen LogP contribution in [0.4, 0.5) is 9.59 Å². The second-order valence-corrected chi connectivity index (χ2v) is 16.6. The van der Waals surface area contributed by atoms with Crippen molar-refractivity contribution in [3.8, 4) is 17.1 Å². The number of aliphatic hydroxyl groups excluding tert-OH is 1. The van der Waals surface area contributed by atoms with Crippen LogP contribution < -0.4 is 15.4 Å². The molecule has 0 bridgehead atoms. The molecular weight excluding hydrogens is 757 g/mol. The molecule has 12 heteroatoms. The van der Waals surface area contributed by atoms with E-state index in [1.807, 2.05) is 143 Å². The van der Waals surface area contributed by atoms with Crippen molar-refractivity contribution in [3.05, 3.63) is 149 Å². The Hall–Kier alpha value is -6.27. The number of carbonyl (C=O) groups excluding carboxylic acids is 2. The van der Waals surface area contributed by atoms with Crippen LogP contribution >= 0.6 is 0 Å². The van der Waals surface area contributed by atoms with Gasteiger partial charge in [0.25, 0.3) is 0 Å². The average molecular weight is 813 g/mol. The van der Waals surface area contributed by atoms with Gasteiger partial charge in [0.05, 0.1) is 37.2 Å². The third-order valence-corrected chi connectivity index (χ3v) is 11.1. The summed E-state index contributed by atoms with van der Waals surface area (Å²) < 4.78 is 5.29. The fraction of sp³-hybridized carbons (Fsp3) is 0.354. The molecule has 1 aliphatic heterocycles. The quantitative estimate of drug-likeness (QED) is 0.0765. The Kier molecular flexibility index (Phi) is 14.2. The van der Waals surface area contributed by atoms with Crippen LogP contribution in [0.3, 0.4) is 0 Å². The number of aliphatic hydroxyl groups is 1. The van der Waals surface area contributed by atoms with E-state index in [0.717, 1.165) is 39.3 Å². The second kappa shape index (κ2) is 19.7. The summed E-state index contributed by atoms with van der Waals surface area (Å²) in [6.45, 7) is 8.87. The van der Waals surface area contributed by atoms with Crippen LogP contribution in [0.1, 0.15) is 61.2 Å². The number of hydrogen-bond acceptors (Lipinski definition) is 7. The SMILES string of the molecule is COc1cccc(-c2ccc(C[C@H](NC(=O)O)[C@H](O)C[C@H](NC(=O)[C@@H](N3CCN(Cc4cccc(C)n4)C3=O)C(C)(C)C)C(Cc3ccccc3)c3ccccc3)cc2)n1. The third-order valence-electron chi connectivity index (χ3n) is 11.1. The minimum absolute atomic E-state index is 0.0187. The molecule has 6 rings (SSSR count). The number of carboxylic acid groups (broad SMARTS) is 1. The lowest BCUT2D eigenvalue weighted by Crippen LogP contribution is -2.58. The van der Waals surface area contributed by atoms with Crippen LogP contribution in [0.25, 0.3) is 11.3 Å². The summed E-state index contributed by atoms with van der Waals surface area (Å²) in [5.74, 6) is -0.181. The summed E-state index contributed by atoms with van der Waals surface area (Å²) in [5, 5.41) is 28.0. The van der Waals surface area contributed by atoms with Crippen LogP contribution in [-0.2, 0) is 24.2 Å². The first kappa shape index (κ1) is 43.3. The van der Waals surface area contributed by atoms with E-state index in [0.29, 0.717) is 31.9 Å². The van der Waals surface area contributed by atoms with Crippen molar-refractivity contribution in [2.45, 2.75) is 83.6 Å². The molecule has 314 valence electrons. The number of hydrogen-bond donors (Lipinski definition) is 4. The normalized spacial score (nSPS) is 15.5. The first-order valence-electron chi connectivity index (χ1n) is 20.4. The molecule has 2 aromatic heterocycles. The van der Waals surface area contributed by atoms with Crippen molar-refractivity contribution in [3.63, 3.8) is 0 Å². The highest BCUT2D eigenvalue weighted by Crippen LogP contribution is 2.32. The highest BCUT2D eigenvalue weighted by molar-refractivity contribution is 5.89. The number of methoxy groups -OCH3 is 1. The van der Waals surface area contributed by atoms with Crippen molar-refractivity contribution in [2.75, 3.05) is 20.2 Å². The standard InChI is InChI=1S/C48H56N6O6/c1-32-14-12-19-37(49-32)31-53-26-27-54(47(53)59)44(48(2,3)4)45(56)51-40(38(35-17-10-7-11-18-35)28-33-15-8-6-9-16-33)30-42(55)41(52-46(57)58)29-34-22-24-36(25-23-34)39-20-13-21-43(50-39)60-5/h6-25,38,40-42,44,52,55H,26-31H2,1-5H3,(H,51,56)(H,57,58)/t38?,40-,41-,42+,44+/m0/s1. The number of nitrogens with one attached hydrogen (secondary N) is 2. The van der Waals surface area contributed by atoms with Crippen LogP contribution in [0.15, 0.2) is 121 Å². The Balaban J connectivity index is 1.30. The van der Waals surface area contributed by atoms with Crippen LogP contribution in [0, 0.1) is 12.3 Å². The smallest absolute Gasteiger partial charge is 0.404 e. The van der Waals surface area contributed by atoms with Gasteiger partial charge >= 0.3 is 12.1 Å². The molecule has 4 amide bonds. The maximum absolute atomic E-state index is 14.9. The minimum Gasteiger partial charge on any atom is -0.481 e. The summed E-state index contributed by atoms with van der Waals surface area (Å²) in [6, 6.07) is 35.9. The van der Waals surface area contributed by atoms with E-state index in [4.69, 9.17) is 4.74 Å². The molecule has 1 saturated heterocycles. The molecule has 3 heterocycles. The third kappa shape index (κ3) is 11.3. The molecule has 0 spiro atoms. The summed E-state index contributed by atoms with van der Waals surface area (Å²) in [4.78, 5) is 53.7. The Labute approximate surface area is 352 Å². The lowest BCUT2D eigenvalue weighted by molar-refractivity contribution is -0.129. The van der Waals surface area contributed by atoms with E-state index in [9.17, 15) is 24.6 Å². The molecule has 5 atom stereocenters. The van der Waals surface area contributed by atoms with Crippen molar-refractivity contribution in [1.82, 2.24) is 30.4 Å². The number of nitrogens with zero attached hydrogens (tertiary/aromatic N) is 4. The van der Waals surface area contributed by atoms with Crippen molar-refractivity contribution in [1.29, 1.82) is 0 Å². The molecule has 1 fully saturated rings. The molecule has 1 unspecified atom stereocenters. The Bertz CT molecular complexity index is 2200. The lowest BCUT2D eigenvalue weighted by atomic mass is 9.80. The molecule has 3 aromatic carbocycles. The summed E-state index contributed by atoms with van der Waals surface area (Å²) in [5.41, 5.74) is 5.34. The number of benzene rings is 3. The number of rotatable bonds is 17. The zero-order chi connectivity index (χ0) is 42.8. The predicted octanol–water partition coefficient (Wildman–Crippen LogP) is 7.25. The van der Waals surface area contributed by atoms with Gasteiger partial charge in [0.15, 0.2) is 0 Å². The molecule has 60 heavy (non-hydrogen) atoms. The van der Waals surface area contributed by atoms with E-state index in [2.05, 4.69) is 20.6 Å². The van der Waals surface area contributed by atoms with Crippen molar-refractivity contribution < 1.29 is 29.3 Å². The van der Waals surface area contributed by atoms with Gasteiger partial charge in [-0.1, -0.05) is 118 Å². The number of aryl methyl sites for hydroxylation is 1. The first-order valence-corrected chi connectivity index (χ1v) is 20.4. The van der Waals surface area contributed by atoms with Gasteiger partial charge in [0.2, 0.25) is 11.8 Å². The summed E-state index contributed by atoms with van der Waals surface area (Å²) in [7, 11) is 1.56. The highest BCUT2D eigenvalue weighted by atomic mass is 16.5. The van der Waals surface area contributed by atoms with Gasteiger partial charge in [-0.05, 0) is 66.5 Å². The molecule has 4 N–H and O–H groups in total. The number of amides is 4. The Morgan fingerprint density at radius 2 is 1.45 bits per heavy atom. The molecule has 1 aliphatic rings. The molecule has 5 aromatic rings. The lowest BCUT2D eigenvalue weighted by Gasteiger charge is -2.39. The van der Waals surface area contributed by atoms with Gasteiger partial charge in [-0.2, -0.15) is 0 Å². The van der Waals surface area contributed by atoms with Crippen LogP contribution in [0.5, 0.6) is 5.88 Å². The van der Waals surface area contributed by atoms with Gasteiger partial charge in [0, 0.05) is 42.4 Å². The van der Waals surface area contributed by atoms with Crippen LogP contribution in [-0.4, -0.2) is 92.4 Å². The van der Waals surface area contributed by atoms with E-state index in [1.54, 1.807) is 23.0 Å². The fourth-order valence-corrected chi connectivity index (χ4v) is 8.14. The number of ether oxygens (including phenoxy) is 1. The Morgan fingerprint density at radius 1 is 0.783 bits per heavy atom. The van der Waals surface area contributed by atoms with Crippen molar-refractivity contribution >= 4 is 18.0 Å². The van der Waals surface area contributed by atoms with Gasteiger partial charge in [-0.25, -0.2) is 14.6 Å². The number of urea groups is 1. The molecule has 0 saturated carbocycles. The number of pyridine rings is 2. The zero-order valence-corrected chi connectivity index (χ0v) is 35.0. The van der Waals surface area contributed by atoms with Crippen LogP contribution in [0.2, 0.25) is 0 Å². The molecule has 12 nitrogen and oxygen atoms in total. The predicted molar refractivity (Wildman–Crippen MR) is 231 cm³/mol. The van der Waals surface area contributed by atoms with Gasteiger partial charge in [-0.15, -0.1) is 0 Å². The monoisotopic (exact) mass is 812 g/mol. The highest BCUT2D eigenvalue weighted by Gasteiger charge is 2.45. The number of carbonyl (C=O) groups is 3. The Morgan fingerprint density at radius 3 is 2.10 bits per heavy atom. The maximum Gasteiger partial charge on any atom is 0.404 e. The van der Waals surface area contributed by atoms with E-state index in [1.165, 1.54) is 0 Å². The number of aromatic nitrogens is 2. The van der Waals surface area contributed by atoms with E-state index < -0.39 is 35.7 Å². The summed E-state index contributed by atoms with van der Waals surface area (Å²) in [6.07, 6.45) is -1.75. The average Bonchev–Trinajstić information content (AvgIpc) is 3.57. The summed E-state index contributed by atoms with van der Waals surface area (Å²) >= 11 is 0. The van der Waals surface area contributed by atoms with E-state index in [-0.39, 0.29) is 30.7 Å². The maximum atomic E-state index is 14.9. The van der Waals surface area contributed by atoms with Gasteiger partial charge < -0.3 is 35.4 Å². The topological polar surface area (TPSA) is 157 Å². The van der Waals surface area contributed by atoms with Gasteiger partial charge in [0.1, 0.15) is 6.04 Å². The van der Waals surface area contributed by atoms with E-state index >= 15 is 0 Å².